The number of nitrogens with one attached hydrogen (secondary N) is 1. The minimum atomic E-state index is 0.421. The summed E-state index contributed by atoms with van der Waals surface area (Å²) in [7, 11) is 1.63. The Balaban J connectivity index is 1.57. The van der Waals surface area contributed by atoms with E-state index < -0.39 is 0 Å². The van der Waals surface area contributed by atoms with Crippen molar-refractivity contribution >= 4 is 5.82 Å². The van der Waals surface area contributed by atoms with E-state index in [2.05, 4.69) is 32.6 Å². The number of benzene rings is 2. The van der Waals surface area contributed by atoms with Crippen molar-refractivity contribution in [3.05, 3.63) is 78.5 Å². The van der Waals surface area contributed by atoms with E-state index in [9.17, 15) is 0 Å². The van der Waals surface area contributed by atoms with Crippen LogP contribution in [-0.4, -0.2) is 22.2 Å². The van der Waals surface area contributed by atoms with Crippen LogP contribution in [0.25, 0.3) is 22.8 Å². The highest BCUT2D eigenvalue weighted by Crippen LogP contribution is 2.27. The number of hydrogen-bond donors (Lipinski definition) is 1. The first-order valence-corrected chi connectivity index (χ1v) is 8.55. The lowest BCUT2D eigenvalue weighted by Crippen LogP contribution is -2.02. The van der Waals surface area contributed by atoms with Gasteiger partial charge < -0.3 is 14.6 Å². The summed E-state index contributed by atoms with van der Waals surface area (Å²) >= 11 is 0. The van der Waals surface area contributed by atoms with Gasteiger partial charge in [0.15, 0.2) is 0 Å². The zero-order valence-corrected chi connectivity index (χ0v) is 14.8. The third-order valence-electron chi connectivity index (χ3n) is 4.12. The molecule has 6 heteroatoms. The van der Waals surface area contributed by atoms with E-state index >= 15 is 0 Å². The molecule has 0 bridgehead atoms. The summed E-state index contributed by atoms with van der Waals surface area (Å²) in [6.07, 6.45) is 1.73. The van der Waals surface area contributed by atoms with Gasteiger partial charge in [0.2, 0.25) is 5.82 Å². The Morgan fingerprint density at radius 3 is 2.56 bits per heavy atom. The number of ether oxygens (including phenoxy) is 1. The molecule has 0 aliphatic carbocycles. The van der Waals surface area contributed by atoms with Crippen molar-refractivity contribution in [1.82, 2.24) is 15.1 Å². The maximum absolute atomic E-state index is 5.48. The summed E-state index contributed by atoms with van der Waals surface area (Å²) in [5.41, 5.74) is 2.78. The lowest BCUT2D eigenvalue weighted by molar-refractivity contribution is 0.415. The maximum Gasteiger partial charge on any atom is 0.261 e. The molecule has 27 heavy (non-hydrogen) atoms. The Morgan fingerprint density at radius 1 is 0.963 bits per heavy atom. The number of nitrogens with zero attached hydrogens (tertiary/aromatic N) is 3. The van der Waals surface area contributed by atoms with Crippen LogP contribution in [0.5, 0.6) is 5.75 Å². The van der Waals surface area contributed by atoms with Crippen LogP contribution >= 0.6 is 0 Å². The molecule has 4 aromatic rings. The molecule has 1 N–H and O–H groups in total. The fourth-order valence-corrected chi connectivity index (χ4v) is 2.69. The normalized spacial score (nSPS) is 10.6. The number of anilines is 1. The van der Waals surface area contributed by atoms with Crippen molar-refractivity contribution in [1.29, 1.82) is 0 Å². The molecule has 0 amide bonds. The van der Waals surface area contributed by atoms with Gasteiger partial charge in [-0.25, -0.2) is 4.98 Å². The molecule has 0 aliphatic rings. The van der Waals surface area contributed by atoms with Crippen molar-refractivity contribution in [3.63, 3.8) is 0 Å². The predicted octanol–water partition coefficient (Wildman–Crippen LogP) is 4.42. The molecule has 0 saturated heterocycles. The van der Waals surface area contributed by atoms with E-state index in [4.69, 9.17) is 9.26 Å². The fourth-order valence-electron chi connectivity index (χ4n) is 2.69. The molecule has 4 rings (SSSR count). The van der Waals surface area contributed by atoms with Gasteiger partial charge in [-0.3, -0.25) is 0 Å². The second-order valence-electron chi connectivity index (χ2n) is 5.89. The molecule has 2 heterocycles. The third-order valence-corrected chi connectivity index (χ3v) is 4.12. The second kappa shape index (κ2) is 7.70. The molecular weight excluding hydrogens is 340 g/mol. The largest absolute Gasteiger partial charge is 0.497 e. The molecule has 134 valence electrons. The monoisotopic (exact) mass is 358 g/mol. The lowest BCUT2D eigenvalue weighted by Gasteiger charge is -2.08. The molecule has 0 aliphatic heterocycles. The number of methoxy groups -OCH3 is 1. The SMILES string of the molecule is COc1ccc(-c2noc(-c3cccnc3NCc3ccccc3)n2)cc1. The van der Waals surface area contributed by atoms with Crippen LogP contribution in [0.1, 0.15) is 5.56 Å². The highest BCUT2D eigenvalue weighted by Gasteiger charge is 2.15. The van der Waals surface area contributed by atoms with E-state index in [1.54, 1.807) is 13.3 Å². The Hall–Kier alpha value is -3.67. The molecule has 2 aromatic carbocycles. The van der Waals surface area contributed by atoms with Gasteiger partial charge in [-0.15, -0.1) is 0 Å². The van der Waals surface area contributed by atoms with Gasteiger partial charge in [-0.2, -0.15) is 4.98 Å². The molecule has 0 radical (unpaired) electrons. The van der Waals surface area contributed by atoms with Crippen LogP contribution in [0, 0.1) is 0 Å². The summed E-state index contributed by atoms with van der Waals surface area (Å²) in [5.74, 6) is 2.42. The van der Waals surface area contributed by atoms with Crippen molar-refractivity contribution in [2.75, 3.05) is 12.4 Å². The highest BCUT2D eigenvalue weighted by atomic mass is 16.5. The third kappa shape index (κ3) is 3.79. The van der Waals surface area contributed by atoms with E-state index in [0.29, 0.717) is 24.1 Å². The van der Waals surface area contributed by atoms with Gasteiger partial charge in [0.05, 0.1) is 12.7 Å². The summed E-state index contributed by atoms with van der Waals surface area (Å²) in [6, 6.07) is 21.4. The molecular formula is C21H18N4O2. The molecule has 0 unspecified atom stereocenters. The average molecular weight is 358 g/mol. The highest BCUT2D eigenvalue weighted by molar-refractivity contribution is 5.70. The maximum atomic E-state index is 5.48. The van der Waals surface area contributed by atoms with Crippen LogP contribution in [-0.2, 0) is 6.54 Å². The van der Waals surface area contributed by atoms with Gasteiger partial charge in [-0.05, 0) is 42.0 Å². The quantitative estimate of drug-likeness (QED) is 0.550. The Kier molecular flexibility index (Phi) is 4.78. The summed E-state index contributed by atoms with van der Waals surface area (Å²) in [5, 5.41) is 7.43. The molecule has 2 aromatic heterocycles. The fraction of sp³-hybridized carbons (Fsp3) is 0.0952. The zero-order chi connectivity index (χ0) is 18.5. The molecule has 0 saturated carbocycles. The van der Waals surface area contributed by atoms with E-state index in [0.717, 1.165) is 16.9 Å². The van der Waals surface area contributed by atoms with Crippen molar-refractivity contribution < 1.29 is 9.26 Å². The minimum absolute atomic E-state index is 0.421. The van der Waals surface area contributed by atoms with Crippen molar-refractivity contribution in [3.8, 4) is 28.6 Å². The van der Waals surface area contributed by atoms with E-state index in [1.165, 1.54) is 5.56 Å². The number of pyridine rings is 1. The summed E-state index contributed by atoms with van der Waals surface area (Å²) in [6.45, 7) is 0.657. The molecule has 6 nitrogen and oxygen atoms in total. The van der Waals surface area contributed by atoms with E-state index in [-0.39, 0.29) is 0 Å². The first kappa shape index (κ1) is 16.8. The standard InChI is InChI=1S/C21H18N4O2/c1-26-17-11-9-16(10-12-17)19-24-21(27-25-19)18-8-5-13-22-20(18)23-14-15-6-3-2-4-7-15/h2-13H,14H2,1H3,(H,22,23). The van der Waals surface area contributed by atoms with E-state index in [1.807, 2.05) is 54.6 Å². The number of hydrogen-bond acceptors (Lipinski definition) is 6. The van der Waals surface area contributed by atoms with Gasteiger partial charge >= 0.3 is 0 Å². The summed E-state index contributed by atoms with van der Waals surface area (Å²) < 4.78 is 10.7. The van der Waals surface area contributed by atoms with Crippen LogP contribution in [0.4, 0.5) is 5.82 Å². The van der Waals surface area contributed by atoms with Gasteiger partial charge in [0, 0.05) is 18.3 Å². The number of aromatic nitrogens is 3. The zero-order valence-electron chi connectivity index (χ0n) is 14.8. The van der Waals surface area contributed by atoms with Crippen LogP contribution < -0.4 is 10.1 Å². The van der Waals surface area contributed by atoms with Crippen molar-refractivity contribution in [2.24, 2.45) is 0 Å². The smallest absolute Gasteiger partial charge is 0.261 e. The Morgan fingerprint density at radius 2 is 1.78 bits per heavy atom. The molecule has 0 fully saturated rings. The molecule has 0 spiro atoms. The first-order valence-electron chi connectivity index (χ1n) is 8.55. The van der Waals surface area contributed by atoms with Gasteiger partial charge in [0.1, 0.15) is 11.6 Å². The van der Waals surface area contributed by atoms with Crippen LogP contribution in [0.2, 0.25) is 0 Å². The van der Waals surface area contributed by atoms with Gasteiger partial charge in [-0.1, -0.05) is 35.5 Å². The first-order chi connectivity index (χ1) is 13.3. The van der Waals surface area contributed by atoms with Crippen LogP contribution in [0.3, 0.4) is 0 Å². The Labute approximate surface area is 156 Å². The van der Waals surface area contributed by atoms with Crippen LogP contribution in [0.15, 0.2) is 77.4 Å². The lowest BCUT2D eigenvalue weighted by atomic mass is 10.2. The molecule has 0 atom stereocenters. The topological polar surface area (TPSA) is 73.1 Å². The van der Waals surface area contributed by atoms with Crippen molar-refractivity contribution in [2.45, 2.75) is 6.54 Å². The minimum Gasteiger partial charge on any atom is -0.497 e. The second-order valence-corrected chi connectivity index (χ2v) is 5.89. The average Bonchev–Trinajstić information content (AvgIpc) is 3.23. The van der Waals surface area contributed by atoms with Gasteiger partial charge in [0.25, 0.3) is 5.89 Å². The number of rotatable bonds is 6. The predicted molar refractivity (Wildman–Crippen MR) is 103 cm³/mol. The summed E-state index contributed by atoms with van der Waals surface area (Å²) in [4.78, 5) is 8.94. The Bertz CT molecular complexity index is 1010.